The monoisotopic (exact) mass is 606 g/mol. The molecule has 0 saturated carbocycles. The minimum absolute atomic E-state index is 0.249. The molecule has 45 heavy (non-hydrogen) atoms. The van der Waals surface area contributed by atoms with E-state index in [1.165, 1.54) is 9.80 Å². The number of nitrogens with one attached hydrogen (secondary N) is 1. The van der Waals surface area contributed by atoms with E-state index < -0.39 is 12.1 Å². The smallest absolute Gasteiger partial charge is 0.254 e. The number of rotatable bonds is 12. The minimum atomic E-state index is -0.882. The van der Waals surface area contributed by atoms with Gasteiger partial charge in [-0.1, -0.05) is 78.9 Å². The van der Waals surface area contributed by atoms with Gasteiger partial charge in [-0.2, -0.15) is 0 Å². The van der Waals surface area contributed by atoms with E-state index in [0.29, 0.717) is 17.7 Å². The number of carbonyl (C=O) groups excluding carboxylic acids is 3. The van der Waals surface area contributed by atoms with Crippen LogP contribution in [0.5, 0.6) is 5.75 Å². The van der Waals surface area contributed by atoms with Crippen molar-refractivity contribution in [2.45, 2.75) is 37.9 Å². The van der Waals surface area contributed by atoms with E-state index in [4.69, 9.17) is 10.5 Å². The second-order valence-corrected chi connectivity index (χ2v) is 11.2. The fourth-order valence-corrected chi connectivity index (χ4v) is 5.32. The van der Waals surface area contributed by atoms with Crippen molar-refractivity contribution in [2.75, 3.05) is 28.3 Å². The molecule has 0 aromatic heterocycles. The third kappa shape index (κ3) is 8.16. The maximum Gasteiger partial charge on any atom is 0.254 e. The normalized spacial score (nSPS) is 12.8. The maximum absolute atomic E-state index is 14.4. The number of benzene rings is 4. The molecule has 0 heterocycles. The quantitative estimate of drug-likeness (QED) is 0.239. The van der Waals surface area contributed by atoms with Crippen LogP contribution in [-0.4, -0.2) is 67.9 Å². The molecule has 4 aromatic carbocycles. The number of hydrogen-bond acceptors (Lipinski definition) is 5. The molecule has 0 bridgehead atoms. The number of nitrogens with zero attached hydrogens (tertiary/aromatic N) is 2. The summed E-state index contributed by atoms with van der Waals surface area (Å²) in [6.45, 7) is 1.86. The number of hydrogen-bond donors (Lipinski definition) is 2. The summed E-state index contributed by atoms with van der Waals surface area (Å²) in [4.78, 5) is 44.3. The van der Waals surface area contributed by atoms with Gasteiger partial charge >= 0.3 is 0 Å². The van der Waals surface area contributed by atoms with Gasteiger partial charge in [-0.3, -0.25) is 14.4 Å². The highest BCUT2D eigenvalue weighted by atomic mass is 16.5. The lowest BCUT2D eigenvalue weighted by Crippen LogP contribution is -2.55. The second-order valence-electron chi connectivity index (χ2n) is 11.2. The number of amides is 3. The Bertz CT molecular complexity index is 1590. The fourth-order valence-electron chi connectivity index (χ4n) is 5.32. The fraction of sp³-hybridized carbons (Fsp3) is 0.270. The highest BCUT2D eigenvalue weighted by Crippen LogP contribution is 2.23. The zero-order valence-electron chi connectivity index (χ0n) is 26.6. The first kappa shape index (κ1) is 33.0. The maximum atomic E-state index is 14.4. The molecule has 0 aliphatic rings. The Kier molecular flexibility index (Phi) is 11.1. The van der Waals surface area contributed by atoms with Crippen LogP contribution in [0, 0.1) is 0 Å². The van der Waals surface area contributed by atoms with Crippen molar-refractivity contribution in [3.63, 3.8) is 0 Å². The highest BCUT2D eigenvalue weighted by molar-refractivity contribution is 5.98. The molecular formula is C37H42N4O4. The first-order valence-electron chi connectivity index (χ1n) is 15.0. The summed E-state index contributed by atoms with van der Waals surface area (Å²) in [5.41, 5.74) is 11.2. The van der Waals surface area contributed by atoms with E-state index in [2.05, 4.69) is 5.32 Å². The predicted octanol–water partition coefficient (Wildman–Crippen LogP) is 4.88. The summed E-state index contributed by atoms with van der Waals surface area (Å²) in [5.74, 6) is -0.252. The Labute approximate surface area is 265 Å². The van der Waals surface area contributed by atoms with Crippen LogP contribution in [0.3, 0.4) is 0 Å². The third-order valence-corrected chi connectivity index (χ3v) is 8.17. The Morgan fingerprint density at radius 2 is 1.33 bits per heavy atom. The lowest BCUT2D eigenvalue weighted by atomic mass is 9.97. The Morgan fingerprint density at radius 1 is 0.756 bits per heavy atom. The van der Waals surface area contributed by atoms with Crippen LogP contribution in [-0.2, 0) is 22.4 Å². The van der Waals surface area contributed by atoms with Crippen LogP contribution in [0.1, 0.15) is 40.0 Å². The van der Waals surface area contributed by atoms with E-state index in [9.17, 15) is 14.4 Å². The van der Waals surface area contributed by atoms with Crippen molar-refractivity contribution < 1.29 is 19.1 Å². The molecule has 0 spiro atoms. The largest absolute Gasteiger partial charge is 0.497 e. The number of ether oxygens (including phenoxy) is 1. The highest BCUT2D eigenvalue weighted by Gasteiger charge is 2.35. The van der Waals surface area contributed by atoms with Gasteiger partial charge in [0.15, 0.2) is 0 Å². The summed E-state index contributed by atoms with van der Waals surface area (Å²) in [6.07, 6.45) is 0.551. The van der Waals surface area contributed by atoms with Crippen molar-refractivity contribution in [3.8, 4) is 16.9 Å². The average molecular weight is 607 g/mol. The lowest BCUT2D eigenvalue weighted by molar-refractivity contribution is -0.142. The molecule has 4 rings (SSSR count). The number of nitrogens with two attached hydrogens (primary N) is 1. The number of carbonyl (C=O) groups is 3. The van der Waals surface area contributed by atoms with Gasteiger partial charge in [-0.15, -0.1) is 0 Å². The molecule has 3 amide bonds. The molecule has 0 aliphatic heterocycles. The van der Waals surface area contributed by atoms with Gasteiger partial charge in [0.1, 0.15) is 17.8 Å². The van der Waals surface area contributed by atoms with Crippen molar-refractivity contribution >= 4 is 17.7 Å². The van der Waals surface area contributed by atoms with Gasteiger partial charge in [0, 0.05) is 45.6 Å². The lowest BCUT2D eigenvalue weighted by Gasteiger charge is -2.34. The first-order valence-corrected chi connectivity index (χ1v) is 15.0. The van der Waals surface area contributed by atoms with E-state index in [0.717, 1.165) is 27.8 Å². The van der Waals surface area contributed by atoms with Crippen molar-refractivity contribution in [2.24, 2.45) is 5.73 Å². The van der Waals surface area contributed by atoms with Crippen LogP contribution >= 0.6 is 0 Å². The third-order valence-electron chi connectivity index (χ3n) is 8.17. The molecule has 3 N–H and O–H groups in total. The molecule has 0 fully saturated rings. The molecule has 0 aliphatic carbocycles. The molecule has 8 nitrogen and oxygen atoms in total. The molecule has 0 saturated heterocycles. The van der Waals surface area contributed by atoms with E-state index >= 15 is 0 Å². The van der Waals surface area contributed by atoms with Crippen LogP contribution in [0.4, 0.5) is 0 Å². The standard InChI is InChI=1S/C37H42N4O4/c1-25(38)30-12-9-13-31(24-30)36(43)41(4)34(23-26-14-18-29(19-15-26)28-10-7-6-8-11-28)37(44)40(3)33(35(42)39-2)22-27-16-20-32(45-5)21-17-27/h6-21,24-25,33-34H,22-23,38H2,1-5H3,(H,39,42)/t25?,33-,34-/m1/s1. The molecule has 8 heteroatoms. The average Bonchev–Trinajstić information content (AvgIpc) is 3.09. The zero-order valence-corrected chi connectivity index (χ0v) is 26.6. The number of methoxy groups -OCH3 is 1. The van der Waals surface area contributed by atoms with Gasteiger partial charge in [0.2, 0.25) is 11.8 Å². The summed E-state index contributed by atoms with van der Waals surface area (Å²) >= 11 is 0. The van der Waals surface area contributed by atoms with Crippen LogP contribution in [0.25, 0.3) is 11.1 Å². The summed E-state index contributed by atoms with van der Waals surface area (Å²) in [6, 6.07) is 30.6. The van der Waals surface area contributed by atoms with E-state index in [1.807, 2.05) is 91.9 Å². The van der Waals surface area contributed by atoms with Gasteiger partial charge in [-0.25, -0.2) is 0 Å². The zero-order chi connectivity index (χ0) is 32.5. The van der Waals surface area contributed by atoms with Crippen LogP contribution in [0.15, 0.2) is 103 Å². The van der Waals surface area contributed by atoms with Gasteiger partial charge < -0.3 is 25.6 Å². The first-order chi connectivity index (χ1) is 21.6. The Balaban J connectivity index is 1.66. The molecule has 1 unspecified atom stereocenters. The molecule has 4 aromatic rings. The summed E-state index contributed by atoms with van der Waals surface area (Å²) in [5, 5.41) is 2.70. The molecule has 234 valence electrons. The summed E-state index contributed by atoms with van der Waals surface area (Å²) in [7, 11) is 6.39. The topological polar surface area (TPSA) is 105 Å². The summed E-state index contributed by atoms with van der Waals surface area (Å²) < 4.78 is 5.27. The minimum Gasteiger partial charge on any atom is -0.497 e. The molecule has 0 radical (unpaired) electrons. The number of likely N-dealkylation sites (N-methyl/N-ethyl adjacent to an activating group) is 3. The molecule has 3 atom stereocenters. The van der Waals surface area contributed by atoms with Crippen LogP contribution in [0.2, 0.25) is 0 Å². The van der Waals surface area contributed by atoms with Crippen LogP contribution < -0.4 is 15.8 Å². The Morgan fingerprint density at radius 3 is 1.91 bits per heavy atom. The predicted molar refractivity (Wildman–Crippen MR) is 178 cm³/mol. The van der Waals surface area contributed by atoms with Crippen molar-refractivity contribution in [1.82, 2.24) is 15.1 Å². The SMILES string of the molecule is CNC(=O)[C@@H](Cc1ccc(OC)cc1)N(C)C(=O)[C@@H](Cc1ccc(-c2ccccc2)cc1)N(C)C(=O)c1cccc(C(C)N)c1. The van der Waals surface area contributed by atoms with E-state index in [1.54, 1.807) is 46.5 Å². The van der Waals surface area contributed by atoms with E-state index in [-0.39, 0.29) is 30.2 Å². The van der Waals surface area contributed by atoms with Gasteiger partial charge in [0.25, 0.3) is 5.91 Å². The molecular weight excluding hydrogens is 564 g/mol. The second kappa shape index (κ2) is 15.2. The van der Waals surface area contributed by atoms with Gasteiger partial charge in [-0.05, 0) is 59.0 Å². The van der Waals surface area contributed by atoms with Crippen molar-refractivity contribution in [1.29, 1.82) is 0 Å². The Hall–Kier alpha value is -4.95. The van der Waals surface area contributed by atoms with Crippen molar-refractivity contribution in [3.05, 3.63) is 125 Å². The van der Waals surface area contributed by atoms with Gasteiger partial charge in [0.05, 0.1) is 7.11 Å².